The molecule has 4 rings (SSSR count). The van der Waals surface area contributed by atoms with E-state index in [2.05, 4.69) is 4.90 Å². The summed E-state index contributed by atoms with van der Waals surface area (Å²) in [7, 11) is -3.48. The van der Waals surface area contributed by atoms with Gasteiger partial charge in [-0.25, -0.2) is 12.8 Å². The molecule has 2 saturated heterocycles. The molecule has 0 unspecified atom stereocenters. The Balaban J connectivity index is 1.21. The van der Waals surface area contributed by atoms with Crippen LogP contribution in [0.3, 0.4) is 0 Å². The lowest BCUT2D eigenvalue weighted by Crippen LogP contribution is -2.48. The lowest BCUT2D eigenvalue weighted by atomic mass is 9.96. The van der Waals surface area contributed by atoms with Crippen LogP contribution < -0.4 is 4.90 Å². The predicted molar refractivity (Wildman–Crippen MR) is 132 cm³/mol. The first-order valence-electron chi connectivity index (χ1n) is 11.9. The normalized spacial score (nSPS) is 18.5. The van der Waals surface area contributed by atoms with E-state index < -0.39 is 10.0 Å². The molecule has 2 fully saturated rings. The molecule has 6 nitrogen and oxygen atoms in total. The van der Waals surface area contributed by atoms with Crippen LogP contribution >= 0.6 is 0 Å². The van der Waals surface area contributed by atoms with Crippen LogP contribution in [0.2, 0.25) is 0 Å². The zero-order valence-corrected chi connectivity index (χ0v) is 20.2. The third-order valence-electron chi connectivity index (χ3n) is 6.68. The minimum atomic E-state index is -3.48. The van der Waals surface area contributed by atoms with Gasteiger partial charge in [0.25, 0.3) is 0 Å². The van der Waals surface area contributed by atoms with E-state index in [9.17, 15) is 17.6 Å². The lowest BCUT2D eigenvalue weighted by Gasteiger charge is -2.35. The van der Waals surface area contributed by atoms with E-state index in [1.165, 1.54) is 21.8 Å². The number of rotatable bonds is 7. The second-order valence-corrected chi connectivity index (χ2v) is 10.8. The number of piperazine rings is 1. The first-order chi connectivity index (χ1) is 16.4. The number of benzene rings is 2. The van der Waals surface area contributed by atoms with E-state index in [-0.39, 0.29) is 17.6 Å². The van der Waals surface area contributed by atoms with Crippen LogP contribution in [0.4, 0.5) is 10.1 Å². The summed E-state index contributed by atoms with van der Waals surface area (Å²) in [5, 5.41) is 1.35. The van der Waals surface area contributed by atoms with Crippen molar-refractivity contribution in [2.24, 2.45) is 5.92 Å². The minimum Gasteiger partial charge on any atom is -0.369 e. The molecule has 2 heterocycles. The number of sulfonamides is 1. The Labute approximate surface area is 201 Å². The number of halogens is 1. The van der Waals surface area contributed by atoms with Crippen LogP contribution in [-0.4, -0.2) is 62.8 Å². The fourth-order valence-corrected chi connectivity index (χ4v) is 5.81. The maximum atomic E-state index is 13.1. The van der Waals surface area contributed by atoms with Crippen molar-refractivity contribution < 1.29 is 17.6 Å². The molecule has 0 saturated carbocycles. The number of anilines is 1. The van der Waals surface area contributed by atoms with E-state index in [1.807, 2.05) is 35.2 Å². The number of allylic oxidation sites excluding steroid dienone is 1. The third-order valence-corrected chi connectivity index (χ3v) is 8.26. The van der Waals surface area contributed by atoms with Crippen molar-refractivity contribution in [3.8, 4) is 0 Å². The summed E-state index contributed by atoms with van der Waals surface area (Å²) in [6.45, 7) is 3.28. The van der Waals surface area contributed by atoms with Crippen LogP contribution in [0.25, 0.3) is 0 Å². The van der Waals surface area contributed by atoms with Gasteiger partial charge in [-0.2, -0.15) is 4.31 Å². The molecule has 0 aliphatic carbocycles. The molecule has 182 valence electrons. The Bertz CT molecular complexity index is 1070. The van der Waals surface area contributed by atoms with Crippen LogP contribution in [0, 0.1) is 11.7 Å². The summed E-state index contributed by atoms with van der Waals surface area (Å²) in [6, 6.07) is 16.3. The average Bonchev–Trinajstić information content (AvgIpc) is 2.87. The van der Waals surface area contributed by atoms with Gasteiger partial charge in [0.2, 0.25) is 15.9 Å². The first kappa shape index (κ1) is 24.4. The largest absolute Gasteiger partial charge is 0.369 e. The second-order valence-electron chi connectivity index (χ2n) is 8.94. The summed E-state index contributed by atoms with van der Waals surface area (Å²) in [6.07, 6.45) is 4.60. The summed E-state index contributed by atoms with van der Waals surface area (Å²) in [5.41, 5.74) is 2.07. The highest BCUT2D eigenvalue weighted by molar-refractivity contribution is 7.92. The highest BCUT2D eigenvalue weighted by atomic mass is 32.2. The standard InChI is InChI=1S/C26H32FN3O3S/c27-24-7-9-25(10-8-24)28-17-19-30(20-18-28)34(32,33)21-14-23-12-15-29(16-13-23)26(31)11-6-22-4-2-1-3-5-22/h1-5,7-10,14,21,23H,6,11-13,15-20H2. The van der Waals surface area contributed by atoms with E-state index in [0.29, 0.717) is 45.7 Å². The van der Waals surface area contributed by atoms with Crippen molar-refractivity contribution in [1.29, 1.82) is 0 Å². The molecule has 0 radical (unpaired) electrons. The van der Waals surface area contributed by atoms with Crippen LogP contribution in [-0.2, 0) is 21.2 Å². The van der Waals surface area contributed by atoms with E-state index >= 15 is 0 Å². The monoisotopic (exact) mass is 485 g/mol. The Kier molecular flexibility index (Phi) is 8.00. The van der Waals surface area contributed by atoms with Crippen molar-refractivity contribution in [1.82, 2.24) is 9.21 Å². The number of amides is 1. The fourth-order valence-electron chi connectivity index (χ4n) is 4.54. The van der Waals surface area contributed by atoms with Gasteiger partial charge in [-0.05, 0) is 55.0 Å². The van der Waals surface area contributed by atoms with Crippen LogP contribution in [0.1, 0.15) is 24.8 Å². The third kappa shape index (κ3) is 6.45. The van der Waals surface area contributed by atoms with E-state index in [4.69, 9.17) is 0 Å². The van der Waals surface area contributed by atoms with Gasteiger partial charge in [-0.1, -0.05) is 36.4 Å². The highest BCUT2D eigenvalue weighted by Crippen LogP contribution is 2.22. The van der Waals surface area contributed by atoms with Crippen molar-refractivity contribution in [2.45, 2.75) is 25.7 Å². The van der Waals surface area contributed by atoms with Crippen molar-refractivity contribution in [3.05, 3.63) is 77.5 Å². The zero-order chi connectivity index (χ0) is 24.0. The molecule has 0 N–H and O–H groups in total. The van der Waals surface area contributed by atoms with Gasteiger partial charge < -0.3 is 9.80 Å². The van der Waals surface area contributed by atoms with Gasteiger partial charge in [-0.3, -0.25) is 4.79 Å². The number of hydrogen-bond donors (Lipinski definition) is 0. The summed E-state index contributed by atoms with van der Waals surface area (Å²) in [4.78, 5) is 16.5. The molecule has 1 amide bonds. The van der Waals surface area contributed by atoms with Gasteiger partial charge in [0.1, 0.15) is 5.82 Å². The minimum absolute atomic E-state index is 0.161. The van der Waals surface area contributed by atoms with Gasteiger partial charge in [0.05, 0.1) is 0 Å². The number of nitrogens with zero attached hydrogens (tertiary/aromatic N) is 3. The maximum Gasteiger partial charge on any atom is 0.236 e. The summed E-state index contributed by atoms with van der Waals surface area (Å²) in [5.74, 6) is 0.0452. The number of piperidine rings is 1. The highest BCUT2D eigenvalue weighted by Gasteiger charge is 2.26. The zero-order valence-electron chi connectivity index (χ0n) is 19.4. The molecule has 2 aromatic carbocycles. The van der Waals surface area contributed by atoms with Crippen LogP contribution in [0.5, 0.6) is 0 Å². The maximum absolute atomic E-state index is 13.1. The first-order valence-corrected chi connectivity index (χ1v) is 13.4. The summed E-state index contributed by atoms with van der Waals surface area (Å²) >= 11 is 0. The predicted octanol–water partition coefficient (Wildman–Crippen LogP) is 3.66. The second kappa shape index (κ2) is 11.1. The summed E-state index contributed by atoms with van der Waals surface area (Å²) < 4.78 is 40.3. The lowest BCUT2D eigenvalue weighted by molar-refractivity contribution is -0.132. The topological polar surface area (TPSA) is 60.9 Å². The molecular weight excluding hydrogens is 453 g/mol. The number of aryl methyl sites for hydroxylation is 1. The van der Waals surface area contributed by atoms with E-state index in [0.717, 1.165) is 30.5 Å². The van der Waals surface area contributed by atoms with Gasteiger partial charge in [-0.15, -0.1) is 0 Å². The molecular formula is C26H32FN3O3S. The number of carbonyl (C=O) groups is 1. The Morgan fingerprint density at radius 1 is 0.912 bits per heavy atom. The molecule has 8 heteroatoms. The van der Waals surface area contributed by atoms with Gasteiger partial charge in [0.15, 0.2) is 0 Å². The SMILES string of the molecule is O=C(CCc1ccccc1)N1CCC(C=CS(=O)(=O)N2CCN(c3ccc(F)cc3)CC2)CC1. The molecule has 0 aromatic heterocycles. The van der Waals surface area contributed by atoms with E-state index in [1.54, 1.807) is 18.2 Å². The molecule has 2 aliphatic rings. The molecule has 0 spiro atoms. The van der Waals surface area contributed by atoms with Crippen LogP contribution in [0.15, 0.2) is 66.1 Å². The fraction of sp³-hybridized carbons (Fsp3) is 0.423. The van der Waals surface area contributed by atoms with Gasteiger partial charge in [0, 0.05) is 56.8 Å². The quantitative estimate of drug-likeness (QED) is 0.601. The molecule has 2 aliphatic heterocycles. The number of likely N-dealkylation sites (tertiary alicyclic amines) is 1. The smallest absolute Gasteiger partial charge is 0.236 e. The van der Waals surface area contributed by atoms with Crippen molar-refractivity contribution in [2.75, 3.05) is 44.2 Å². The Morgan fingerprint density at radius 3 is 2.21 bits per heavy atom. The molecule has 0 bridgehead atoms. The van der Waals surface area contributed by atoms with Gasteiger partial charge >= 0.3 is 0 Å². The Morgan fingerprint density at radius 2 is 1.56 bits per heavy atom. The molecule has 2 aromatic rings. The average molecular weight is 486 g/mol. The number of carbonyl (C=O) groups excluding carboxylic acids is 1. The molecule has 34 heavy (non-hydrogen) atoms. The number of hydrogen-bond acceptors (Lipinski definition) is 4. The Hall–Kier alpha value is -2.71. The molecule has 0 atom stereocenters. The van der Waals surface area contributed by atoms with Crippen molar-refractivity contribution >= 4 is 21.6 Å². The van der Waals surface area contributed by atoms with Crippen molar-refractivity contribution in [3.63, 3.8) is 0 Å².